The van der Waals surface area contributed by atoms with Gasteiger partial charge < -0.3 is 15.0 Å². The average molecular weight is 358 g/mol. The zero-order chi connectivity index (χ0) is 17.8. The van der Waals surface area contributed by atoms with Gasteiger partial charge in [0.05, 0.1) is 18.9 Å². The summed E-state index contributed by atoms with van der Waals surface area (Å²) in [7, 11) is 0. The lowest BCUT2D eigenvalue weighted by molar-refractivity contribution is 0.122. The van der Waals surface area contributed by atoms with Crippen molar-refractivity contribution in [3.63, 3.8) is 0 Å². The van der Waals surface area contributed by atoms with Crippen LogP contribution in [0.5, 0.6) is 0 Å². The van der Waals surface area contributed by atoms with E-state index in [1.165, 1.54) is 4.68 Å². The SMILES string of the molecule is FCc1ccn(-c2nc(NC3CC=CCC3)cc(N3CCOCC3)n2)n1. The highest BCUT2D eigenvalue weighted by Gasteiger charge is 2.18. The minimum absolute atomic E-state index is 0.360. The smallest absolute Gasteiger partial charge is 0.254 e. The number of rotatable bonds is 5. The van der Waals surface area contributed by atoms with E-state index >= 15 is 0 Å². The van der Waals surface area contributed by atoms with Crippen LogP contribution in [0.2, 0.25) is 0 Å². The summed E-state index contributed by atoms with van der Waals surface area (Å²) in [4.78, 5) is 11.4. The van der Waals surface area contributed by atoms with Gasteiger partial charge in [-0.25, -0.2) is 9.07 Å². The quantitative estimate of drug-likeness (QED) is 0.829. The van der Waals surface area contributed by atoms with Crippen LogP contribution in [-0.4, -0.2) is 52.1 Å². The van der Waals surface area contributed by atoms with Gasteiger partial charge in [0.15, 0.2) is 0 Å². The van der Waals surface area contributed by atoms with Crippen LogP contribution >= 0.6 is 0 Å². The van der Waals surface area contributed by atoms with Crippen molar-refractivity contribution in [3.8, 4) is 5.95 Å². The molecule has 0 bridgehead atoms. The van der Waals surface area contributed by atoms with Crippen molar-refractivity contribution in [1.82, 2.24) is 19.7 Å². The summed E-state index contributed by atoms with van der Waals surface area (Å²) in [5.41, 5.74) is 0.373. The third-order valence-corrected chi connectivity index (χ3v) is 4.64. The maximum absolute atomic E-state index is 12.9. The summed E-state index contributed by atoms with van der Waals surface area (Å²) in [5, 5.41) is 7.72. The number of halogens is 1. The lowest BCUT2D eigenvalue weighted by atomic mass is 10.0. The van der Waals surface area contributed by atoms with Gasteiger partial charge >= 0.3 is 0 Å². The lowest BCUT2D eigenvalue weighted by Gasteiger charge is -2.28. The topological polar surface area (TPSA) is 68.1 Å². The first-order valence-electron chi connectivity index (χ1n) is 9.06. The first kappa shape index (κ1) is 17.0. The van der Waals surface area contributed by atoms with Crippen LogP contribution in [0.15, 0.2) is 30.5 Å². The van der Waals surface area contributed by atoms with Gasteiger partial charge in [-0.1, -0.05) is 12.2 Å². The van der Waals surface area contributed by atoms with Gasteiger partial charge in [0.25, 0.3) is 5.95 Å². The predicted molar refractivity (Wildman–Crippen MR) is 97.4 cm³/mol. The number of ether oxygens (including phenoxy) is 1. The van der Waals surface area contributed by atoms with Crippen molar-refractivity contribution in [2.75, 3.05) is 36.5 Å². The molecule has 7 nitrogen and oxygen atoms in total. The summed E-state index contributed by atoms with van der Waals surface area (Å²) in [6.07, 6.45) is 9.25. The van der Waals surface area contributed by atoms with Gasteiger partial charge in [-0.3, -0.25) is 0 Å². The molecule has 2 aliphatic rings. The molecule has 0 radical (unpaired) electrons. The Morgan fingerprint density at radius 2 is 2.12 bits per heavy atom. The van der Waals surface area contributed by atoms with E-state index in [9.17, 15) is 4.39 Å². The number of anilines is 2. The van der Waals surface area contributed by atoms with Gasteiger partial charge in [-0.05, 0) is 25.3 Å². The third kappa shape index (κ3) is 3.85. The van der Waals surface area contributed by atoms with Crippen LogP contribution in [0.1, 0.15) is 25.0 Å². The molecule has 3 heterocycles. The molecule has 0 saturated carbocycles. The number of hydrogen-bond acceptors (Lipinski definition) is 6. The van der Waals surface area contributed by atoms with Crippen molar-refractivity contribution < 1.29 is 9.13 Å². The minimum Gasteiger partial charge on any atom is -0.378 e. The molecular formula is C18H23FN6O. The molecule has 2 aromatic heterocycles. The van der Waals surface area contributed by atoms with E-state index in [1.807, 2.05) is 6.07 Å². The van der Waals surface area contributed by atoms with Crippen LogP contribution in [0, 0.1) is 0 Å². The van der Waals surface area contributed by atoms with Gasteiger partial charge in [-0.15, -0.1) is 0 Å². The van der Waals surface area contributed by atoms with Gasteiger partial charge in [0.1, 0.15) is 18.3 Å². The summed E-state index contributed by atoms with van der Waals surface area (Å²) in [6, 6.07) is 3.98. The second kappa shape index (κ2) is 7.82. The first-order valence-corrected chi connectivity index (χ1v) is 9.06. The zero-order valence-electron chi connectivity index (χ0n) is 14.6. The Morgan fingerprint density at radius 3 is 2.85 bits per heavy atom. The van der Waals surface area contributed by atoms with E-state index in [-0.39, 0.29) is 0 Å². The van der Waals surface area contributed by atoms with Crippen LogP contribution < -0.4 is 10.2 Å². The van der Waals surface area contributed by atoms with Crippen LogP contribution in [0.4, 0.5) is 16.0 Å². The second-order valence-corrected chi connectivity index (χ2v) is 6.52. The standard InChI is InChI=1S/C18H23FN6O/c19-13-15-6-7-25(23-15)18-21-16(20-14-4-2-1-3-5-14)12-17(22-18)24-8-10-26-11-9-24/h1-2,6-7,12,14H,3-5,8-11,13H2,(H,20,21,22). The van der Waals surface area contributed by atoms with Gasteiger partial charge in [0.2, 0.25) is 0 Å². The summed E-state index contributed by atoms with van der Waals surface area (Å²) in [5.74, 6) is 2.06. The van der Waals surface area contributed by atoms with Crippen molar-refractivity contribution in [2.24, 2.45) is 0 Å². The largest absolute Gasteiger partial charge is 0.378 e. The number of morpholine rings is 1. The molecule has 4 rings (SSSR count). The molecule has 1 aliphatic heterocycles. The van der Waals surface area contributed by atoms with E-state index in [1.54, 1.807) is 12.3 Å². The second-order valence-electron chi connectivity index (χ2n) is 6.52. The van der Waals surface area contributed by atoms with Crippen LogP contribution in [0.25, 0.3) is 5.95 Å². The number of aromatic nitrogens is 4. The van der Waals surface area contributed by atoms with Crippen molar-refractivity contribution in [1.29, 1.82) is 0 Å². The number of nitrogens with zero attached hydrogens (tertiary/aromatic N) is 5. The molecule has 1 atom stereocenters. The molecule has 1 aliphatic carbocycles. The Kier molecular flexibility index (Phi) is 5.10. The molecule has 138 valence electrons. The fraction of sp³-hybridized carbons (Fsp3) is 0.500. The monoisotopic (exact) mass is 358 g/mol. The fourth-order valence-electron chi connectivity index (χ4n) is 3.23. The van der Waals surface area contributed by atoms with Crippen LogP contribution in [-0.2, 0) is 11.4 Å². The minimum atomic E-state index is -0.602. The highest BCUT2D eigenvalue weighted by Crippen LogP contribution is 2.22. The third-order valence-electron chi connectivity index (χ3n) is 4.64. The highest BCUT2D eigenvalue weighted by atomic mass is 19.1. The Morgan fingerprint density at radius 1 is 1.23 bits per heavy atom. The molecule has 0 spiro atoms. The molecule has 1 fully saturated rings. The highest BCUT2D eigenvalue weighted by molar-refractivity contribution is 5.52. The lowest BCUT2D eigenvalue weighted by Crippen LogP contribution is -2.37. The summed E-state index contributed by atoms with van der Waals surface area (Å²) in [6.45, 7) is 2.34. The van der Waals surface area contributed by atoms with E-state index < -0.39 is 6.67 Å². The van der Waals surface area contributed by atoms with E-state index in [2.05, 4.69) is 37.4 Å². The number of hydrogen-bond donors (Lipinski definition) is 1. The molecule has 2 aromatic rings. The number of nitrogens with one attached hydrogen (secondary N) is 1. The Bertz CT molecular complexity index is 771. The fourth-order valence-corrected chi connectivity index (χ4v) is 3.23. The Balaban J connectivity index is 1.65. The van der Waals surface area contributed by atoms with Crippen molar-refractivity contribution in [2.45, 2.75) is 32.0 Å². The van der Waals surface area contributed by atoms with E-state index in [0.29, 0.717) is 30.9 Å². The summed E-state index contributed by atoms with van der Waals surface area (Å²) >= 11 is 0. The average Bonchev–Trinajstić information content (AvgIpc) is 3.19. The van der Waals surface area contributed by atoms with Gasteiger partial charge in [0, 0.05) is 31.4 Å². The molecule has 0 aromatic carbocycles. The first-order chi connectivity index (χ1) is 12.8. The molecule has 1 unspecified atom stereocenters. The van der Waals surface area contributed by atoms with E-state index in [0.717, 1.165) is 44.0 Å². The molecule has 8 heteroatoms. The Labute approximate surface area is 151 Å². The zero-order valence-corrected chi connectivity index (χ0v) is 14.6. The normalized spacial score (nSPS) is 20.3. The summed E-state index contributed by atoms with van der Waals surface area (Å²) < 4.78 is 19.8. The van der Waals surface area contributed by atoms with Gasteiger partial charge in [-0.2, -0.15) is 15.1 Å². The maximum Gasteiger partial charge on any atom is 0.254 e. The maximum atomic E-state index is 12.9. The van der Waals surface area contributed by atoms with Crippen LogP contribution in [0.3, 0.4) is 0 Å². The van der Waals surface area contributed by atoms with Crippen molar-refractivity contribution in [3.05, 3.63) is 36.2 Å². The molecule has 0 amide bonds. The number of alkyl halides is 1. The molecule has 26 heavy (non-hydrogen) atoms. The number of allylic oxidation sites excluding steroid dienone is 1. The predicted octanol–water partition coefficient (Wildman–Crippen LogP) is 2.49. The van der Waals surface area contributed by atoms with E-state index in [4.69, 9.17) is 4.74 Å². The molecule has 1 saturated heterocycles. The molecule has 1 N–H and O–H groups in total. The molecular weight excluding hydrogens is 335 g/mol. The van der Waals surface area contributed by atoms with Crippen molar-refractivity contribution >= 4 is 11.6 Å². The Hall–Kier alpha value is -2.48.